The molecule has 0 aliphatic carbocycles. The molecule has 0 bridgehead atoms. The third-order valence-electron chi connectivity index (χ3n) is 1.88. The van der Waals surface area contributed by atoms with E-state index in [9.17, 15) is 18.4 Å². The van der Waals surface area contributed by atoms with Crippen molar-refractivity contribution in [3.05, 3.63) is 11.4 Å². The highest BCUT2D eigenvalue weighted by Gasteiger charge is 2.25. The third kappa shape index (κ3) is 3.20. The highest BCUT2D eigenvalue weighted by Crippen LogP contribution is 2.21. The van der Waals surface area contributed by atoms with E-state index < -0.39 is 23.8 Å². The van der Waals surface area contributed by atoms with Crippen LogP contribution in [-0.4, -0.2) is 38.5 Å². The molecule has 0 aromatic carbocycles. The van der Waals surface area contributed by atoms with Crippen LogP contribution in [0, 0.1) is 0 Å². The van der Waals surface area contributed by atoms with Crippen molar-refractivity contribution in [2.45, 2.75) is 19.9 Å². The minimum absolute atomic E-state index is 0.0669. The summed E-state index contributed by atoms with van der Waals surface area (Å²) in [6, 6.07) is 0. The van der Waals surface area contributed by atoms with Crippen molar-refractivity contribution < 1.29 is 23.5 Å². The van der Waals surface area contributed by atoms with Gasteiger partial charge in [0.2, 0.25) is 5.91 Å². The average molecular weight is 248 g/mol. The van der Waals surface area contributed by atoms with Crippen molar-refractivity contribution in [2.75, 3.05) is 6.54 Å². The molecular weight excluding hydrogens is 238 g/mol. The summed E-state index contributed by atoms with van der Waals surface area (Å²) >= 11 is 0. The lowest BCUT2D eigenvalue weighted by molar-refractivity contribution is -0.119. The second-order valence-corrected chi connectivity index (χ2v) is 3.14. The van der Waals surface area contributed by atoms with Gasteiger partial charge in [-0.05, 0) is 0 Å². The largest absolute Gasteiger partial charge is 0.476 e. The Bertz CT molecular complexity index is 432. The Hall–Kier alpha value is -2.06. The van der Waals surface area contributed by atoms with Crippen LogP contribution in [0.25, 0.3) is 0 Å². The number of carbonyl (C=O) groups is 2. The number of nitrogens with one attached hydrogen (secondary N) is 1. The van der Waals surface area contributed by atoms with E-state index in [-0.39, 0.29) is 19.0 Å². The fourth-order valence-corrected chi connectivity index (χ4v) is 1.19. The minimum atomic E-state index is -2.99. The number of carboxylic acids is 1. The molecule has 1 heterocycles. The van der Waals surface area contributed by atoms with Crippen LogP contribution < -0.4 is 5.32 Å². The maximum Gasteiger partial charge on any atom is 0.358 e. The highest BCUT2D eigenvalue weighted by molar-refractivity contribution is 5.86. The normalized spacial score (nSPS) is 10.6. The first kappa shape index (κ1) is 13.0. The second kappa shape index (κ2) is 5.32. The lowest BCUT2D eigenvalue weighted by atomic mass is 10.3. The first-order chi connectivity index (χ1) is 7.93. The summed E-state index contributed by atoms with van der Waals surface area (Å²) in [4.78, 5) is 21.2. The van der Waals surface area contributed by atoms with Crippen molar-refractivity contribution in [3.8, 4) is 0 Å². The summed E-state index contributed by atoms with van der Waals surface area (Å²) in [6.07, 6.45) is -2.99. The van der Waals surface area contributed by atoms with Crippen LogP contribution >= 0.6 is 0 Å². The molecule has 1 amide bonds. The zero-order valence-electron chi connectivity index (χ0n) is 8.85. The maximum absolute atomic E-state index is 12.6. The molecule has 94 valence electrons. The van der Waals surface area contributed by atoms with E-state index in [1.54, 1.807) is 0 Å². The topological polar surface area (TPSA) is 97.1 Å². The molecule has 0 saturated heterocycles. The number of aromatic carboxylic acids is 1. The van der Waals surface area contributed by atoms with E-state index >= 15 is 0 Å². The number of alkyl halides is 2. The molecule has 0 fully saturated rings. The lowest BCUT2D eigenvalue weighted by Crippen LogP contribution is -2.25. The van der Waals surface area contributed by atoms with Gasteiger partial charge in [-0.3, -0.25) is 4.79 Å². The van der Waals surface area contributed by atoms with E-state index in [0.717, 1.165) is 4.68 Å². The van der Waals surface area contributed by atoms with Gasteiger partial charge in [0.1, 0.15) is 5.69 Å². The van der Waals surface area contributed by atoms with Crippen LogP contribution in [0.15, 0.2) is 0 Å². The first-order valence-corrected chi connectivity index (χ1v) is 4.62. The molecule has 2 N–H and O–H groups in total. The smallest absolute Gasteiger partial charge is 0.358 e. The molecule has 7 nitrogen and oxygen atoms in total. The Morgan fingerprint density at radius 2 is 2.18 bits per heavy atom. The first-order valence-electron chi connectivity index (χ1n) is 4.62. The van der Waals surface area contributed by atoms with E-state index in [1.807, 2.05) is 0 Å². The van der Waals surface area contributed by atoms with E-state index in [2.05, 4.69) is 15.6 Å². The molecule has 0 atom stereocenters. The van der Waals surface area contributed by atoms with Crippen molar-refractivity contribution in [1.82, 2.24) is 20.3 Å². The molecule has 0 unspecified atom stereocenters. The molecule has 0 saturated carbocycles. The number of rotatable bonds is 5. The molecule has 1 aromatic rings. The monoisotopic (exact) mass is 248 g/mol. The lowest BCUT2D eigenvalue weighted by Gasteiger charge is -2.06. The Morgan fingerprint density at radius 3 is 2.65 bits per heavy atom. The summed E-state index contributed by atoms with van der Waals surface area (Å²) in [5.74, 6) is -1.88. The number of aromatic nitrogens is 3. The van der Waals surface area contributed by atoms with E-state index in [1.165, 1.54) is 6.92 Å². The molecule has 0 aliphatic heterocycles. The van der Waals surface area contributed by atoms with E-state index in [0.29, 0.717) is 0 Å². The standard InChI is InChI=1S/C8H10F2N4O3/c1-4(15)11-2-3-14-6(7(9)10)5(8(16)17)12-13-14/h7H,2-3H2,1H3,(H,11,15)(H,16,17). The predicted octanol–water partition coefficient (Wildman–Crippen LogP) is 0.0500. The Balaban J connectivity index is 2.85. The Morgan fingerprint density at radius 1 is 1.53 bits per heavy atom. The number of halogens is 2. The van der Waals surface area contributed by atoms with Gasteiger partial charge in [-0.25, -0.2) is 18.3 Å². The average Bonchev–Trinajstić information content (AvgIpc) is 2.61. The molecule has 9 heteroatoms. The zero-order chi connectivity index (χ0) is 13.0. The van der Waals surface area contributed by atoms with Gasteiger partial charge >= 0.3 is 5.97 Å². The van der Waals surface area contributed by atoms with Crippen LogP contribution in [-0.2, 0) is 11.3 Å². The zero-order valence-corrected chi connectivity index (χ0v) is 8.85. The number of nitrogens with zero attached hydrogens (tertiary/aromatic N) is 3. The van der Waals surface area contributed by atoms with Crippen molar-refractivity contribution in [3.63, 3.8) is 0 Å². The van der Waals surface area contributed by atoms with Crippen LogP contribution in [0.2, 0.25) is 0 Å². The maximum atomic E-state index is 12.6. The SMILES string of the molecule is CC(=O)NCCn1nnc(C(=O)O)c1C(F)F. The third-order valence-corrected chi connectivity index (χ3v) is 1.88. The summed E-state index contributed by atoms with van der Waals surface area (Å²) in [6.45, 7) is 1.27. The molecule has 1 aromatic heterocycles. The van der Waals surface area contributed by atoms with Crippen LogP contribution in [0.1, 0.15) is 29.5 Å². The molecule has 17 heavy (non-hydrogen) atoms. The van der Waals surface area contributed by atoms with Crippen LogP contribution in [0.5, 0.6) is 0 Å². The van der Waals surface area contributed by atoms with Gasteiger partial charge in [0, 0.05) is 13.5 Å². The van der Waals surface area contributed by atoms with E-state index in [4.69, 9.17) is 5.11 Å². The molecule has 0 radical (unpaired) electrons. The van der Waals surface area contributed by atoms with Crippen LogP contribution in [0.4, 0.5) is 8.78 Å². The summed E-state index contributed by atoms with van der Waals surface area (Å²) in [5, 5.41) is 17.5. The quantitative estimate of drug-likeness (QED) is 0.767. The Kier molecular flexibility index (Phi) is 4.07. The molecule has 0 aliphatic rings. The van der Waals surface area contributed by atoms with Gasteiger partial charge in [0.25, 0.3) is 6.43 Å². The van der Waals surface area contributed by atoms with Gasteiger partial charge in [-0.2, -0.15) is 0 Å². The van der Waals surface area contributed by atoms with Gasteiger partial charge in [0.15, 0.2) is 5.69 Å². The van der Waals surface area contributed by atoms with Crippen molar-refractivity contribution in [2.24, 2.45) is 0 Å². The van der Waals surface area contributed by atoms with Crippen molar-refractivity contribution in [1.29, 1.82) is 0 Å². The van der Waals surface area contributed by atoms with Gasteiger partial charge < -0.3 is 10.4 Å². The molecular formula is C8H10F2N4O3. The van der Waals surface area contributed by atoms with Crippen molar-refractivity contribution >= 4 is 11.9 Å². The van der Waals surface area contributed by atoms with Gasteiger partial charge in [0.05, 0.1) is 6.54 Å². The summed E-state index contributed by atoms with van der Waals surface area (Å²) < 4.78 is 26.0. The highest BCUT2D eigenvalue weighted by atomic mass is 19.3. The van der Waals surface area contributed by atoms with Crippen LogP contribution in [0.3, 0.4) is 0 Å². The fraction of sp³-hybridized carbons (Fsp3) is 0.500. The summed E-state index contributed by atoms with van der Waals surface area (Å²) in [5.41, 5.74) is -1.54. The predicted molar refractivity (Wildman–Crippen MR) is 50.6 cm³/mol. The number of amides is 1. The molecule has 1 rings (SSSR count). The number of hydrogen-bond donors (Lipinski definition) is 2. The van der Waals surface area contributed by atoms with Gasteiger partial charge in [-0.1, -0.05) is 5.21 Å². The Labute approximate surface area is 94.4 Å². The number of carbonyl (C=O) groups excluding carboxylic acids is 1. The fourth-order valence-electron chi connectivity index (χ4n) is 1.19. The van der Waals surface area contributed by atoms with Gasteiger partial charge in [-0.15, -0.1) is 5.10 Å². The number of carboxylic acid groups (broad SMARTS) is 1. The minimum Gasteiger partial charge on any atom is -0.476 e. The second-order valence-electron chi connectivity index (χ2n) is 3.14. The number of hydrogen-bond acceptors (Lipinski definition) is 4. The summed E-state index contributed by atoms with van der Waals surface area (Å²) in [7, 11) is 0. The molecule has 0 spiro atoms.